The van der Waals surface area contributed by atoms with Crippen LogP contribution in [0.4, 0.5) is 5.95 Å². The molecular weight excluding hydrogens is 306 g/mol. The van der Waals surface area contributed by atoms with E-state index in [4.69, 9.17) is 0 Å². The molecular formula is C13H12BrN5. The van der Waals surface area contributed by atoms with Crippen LogP contribution in [0.5, 0.6) is 0 Å². The van der Waals surface area contributed by atoms with Crippen LogP contribution in [0.3, 0.4) is 0 Å². The first-order valence-electron chi connectivity index (χ1n) is 5.89. The number of nitrogens with zero attached hydrogens (tertiary/aromatic N) is 4. The Morgan fingerprint density at radius 2 is 2.11 bits per heavy atom. The van der Waals surface area contributed by atoms with Gasteiger partial charge in [0.25, 0.3) is 0 Å². The Kier molecular flexibility index (Phi) is 3.16. The van der Waals surface area contributed by atoms with Crippen molar-refractivity contribution in [3.05, 3.63) is 52.4 Å². The van der Waals surface area contributed by atoms with Crippen LogP contribution in [-0.4, -0.2) is 19.6 Å². The molecule has 1 N–H and O–H groups in total. The fourth-order valence-corrected chi connectivity index (χ4v) is 2.13. The third-order valence-electron chi connectivity index (χ3n) is 2.67. The van der Waals surface area contributed by atoms with Crippen molar-refractivity contribution in [1.82, 2.24) is 19.6 Å². The summed E-state index contributed by atoms with van der Waals surface area (Å²) in [5.41, 5.74) is 2.79. The maximum Gasteiger partial charge on any atom is 0.243 e. The number of aryl methyl sites for hydroxylation is 1. The molecule has 0 unspecified atom stereocenters. The summed E-state index contributed by atoms with van der Waals surface area (Å²) in [6.45, 7) is 2.59. The van der Waals surface area contributed by atoms with E-state index in [9.17, 15) is 0 Å². The van der Waals surface area contributed by atoms with Crippen molar-refractivity contribution in [3.8, 4) is 0 Å². The third-order valence-corrected chi connectivity index (χ3v) is 3.14. The maximum atomic E-state index is 4.42. The fourth-order valence-electron chi connectivity index (χ4n) is 1.80. The zero-order chi connectivity index (χ0) is 13.2. The molecule has 0 amide bonds. The Balaban J connectivity index is 1.78. The van der Waals surface area contributed by atoms with E-state index < -0.39 is 0 Å². The standard InChI is InChI=1S/C13H12BrN5/c1-9-3-2-4-11(16-9)7-15-13-17-12-6-5-10(14)8-19(12)18-13/h2-6,8H,7H2,1H3,(H,15,18). The summed E-state index contributed by atoms with van der Waals surface area (Å²) in [5, 5.41) is 7.52. The van der Waals surface area contributed by atoms with Gasteiger partial charge in [-0.3, -0.25) is 4.98 Å². The second kappa shape index (κ2) is 4.97. The van der Waals surface area contributed by atoms with Crippen LogP contribution in [-0.2, 0) is 6.54 Å². The number of hydrogen-bond donors (Lipinski definition) is 1. The van der Waals surface area contributed by atoms with Gasteiger partial charge in [0, 0.05) is 16.4 Å². The lowest BCUT2D eigenvalue weighted by molar-refractivity contribution is 0.935. The molecule has 3 aromatic heterocycles. The predicted molar refractivity (Wildman–Crippen MR) is 77.0 cm³/mol. The zero-order valence-corrected chi connectivity index (χ0v) is 11.9. The van der Waals surface area contributed by atoms with E-state index in [2.05, 4.69) is 36.3 Å². The Bertz CT molecular complexity index is 722. The van der Waals surface area contributed by atoms with Gasteiger partial charge >= 0.3 is 0 Å². The molecule has 0 atom stereocenters. The number of nitrogens with one attached hydrogen (secondary N) is 1. The average Bonchev–Trinajstić information content (AvgIpc) is 2.78. The Labute approximate surface area is 118 Å². The summed E-state index contributed by atoms with van der Waals surface area (Å²) in [6, 6.07) is 9.80. The van der Waals surface area contributed by atoms with Crippen molar-refractivity contribution >= 4 is 27.5 Å². The maximum absolute atomic E-state index is 4.42. The van der Waals surface area contributed by atoms with Crippen LogP contribution in [0.1, 0.15) is 11.4 Å². The van der Waals surface area contributed by atoms with Gasteiger partial charge in [-0.15, -0.1) is 5.10 Å². The molecule has 0 aliphatic heterocycles. The SMILES string of the molecule is Cc1cccc(CNc2nc3ccc(Br)cn3n2)n1. The normalized spacial score (nSPS) is 10.8. The molecule has 0 aromatic carbocycles. The largest absolute Gasteiger partial charge is 0.347 e. The summed E-state index contributed by atoms with van der Waals surface area (Å²) in [5.74, 6) is 0.599. The number of rotatable bonds is 3. The zero-order valence-electron chi connectivity index (χ0n) is 10.3. The number of pyridine rings is 2. The molecule has 3 aromatic rings. The molecule has 19 heavy (non-hydrogen) atoms. The summed E-state index contributed by atoms with van der Waals surface area (Å²) >= 11 is 3.41. The van der Waals surface area contributed by atoms with Crippen molar-refractivity contribution in [2.24, 2.45) is 0 Å². The van der Waals surface area contributed by atoms with E-state index in [0.29, 0.717) is 12.5 Å². The Morgan fingerprint density at radius 1 is 1.21 bits per heavy atom. The second-order valence-electron chi connectivity index (χ2n) is 4.21. The molecule has 0 spiro atoms. The van der Waals surface area contributed by atoms with Crippen LogP contribution in [0, 0.1) is 6.92 Å². The van der Waals surface area contributed by atoms with E-state index in [0.717, 1.165) is 21.5 Å². The first kappa shape index (κ1) is 12.1. The minimum absolute atomic E-state index is 0.599. The molecule has 3 rings (SSSR count). The first-order chi connectivity index (χ1) is 9.20. The van der Waals surface area contributed by atoms with Gasteiger partial charge in [0.15, 0.2) is 5.65 Å². The molecule has 0 saturated heterocycles. The van der Waals surface area contributed by atoms with Gasteiger partial charge in [0.1, 0.15) is 0 Å². The molecule has 0 bridgehead atoms. The summed E-state index contributed by atoms with van der Waals surface area (Å²) in [6.07, 6.45) is 1.87. The van der Waals surface area contributed by atoms with Gasteiger partial charge in [-0.25, -0.2) is 4.52 Å². The lowest BCUT2D eigenvalue weighted by Crippen LogP contribution is -2.03. The second-order valence-corrected chi connectivity index (χ2v) is 5.13. The average molecular weight is 318 g/mol. The van der Waals surface area contributed by atoms with Gasteiger partial charge in [0.05, 0.1) is 12.2 Å². The van der Waals surface area contributed by atoms with Crippen molar-refractivity contribution in [3.63, 3.8) is 0 Å². The molecule has 0 fully saturated rings. The van der Waals surface area contributed by atoms with E-state index in [1.165, 1.54) is 0 Å². The highest BCUT2D eigenvalue weighted by atomic mass is 79.9. The Morgan fingerprint density at radius 3 is 2.95 bits per heavy atom. The summed E-state index contributed by atoms with van der Waals surface area (Å²) in [7, 11) is 0. The summed E-state index contributed by atoms with van der Waals surface area (Å²) in [4.78, 5) is 8.81. The van der Waals surface area contributed by atoms with E-state index in [-0.39, 0.29) is 0 Å². The van der Waals surface area contributed by atoms with Gasteiger partial charge in [-0.1, -0.05) is 6.07 Å². The quantitative estimate of drug-likeness (QED) is 0.807. The van der Waals surface area contributed by atoms with Crippen LogP contribution >= 0.6 is 15.9 Å². The Hall–Kier alpha value is -1.95. The molecule has 0 saturated carbocycles. The van der Waals surface area contributed by atoms with Gasteiger partial charge < -0.3 is 5.32 Å². The predicted octanol–water partition coefficient (Wildman–Crippen LogP) is 2.81. The van der Waals surface area contributed by atoms with Crippen molar-refractivity contribution in [1.29, 1.82) is 0 Å². The fraction of sp³-hybridized carbons (Fsp3) is 0.154. The van der Waals surface area contributed by atoms with E-state index in [1.807, 2.05) is 43.5 Å². The van der Waals surface area contributed by atoms with Gasteiger partial charge in [0.2, 0.25) is 5.95 Å². The summed E-state index contributed by atoms with van der Waals surface area (Å²) < 4.78 is 2.70. The molecule has 5 nitrogen and oxygen atoms in total. The highest BCUT2D eigenvalue weighted by molar-refractivity contribution is 9.10. The molecule has 3 heterocycles. The van der Waals surface area contributed by atoms with Crippen LogP contribution in [0.25, 0.3) is 5.65 Å². The molecule has 0 radical (unpaired) electrons. The number of hydrogen-bond acceptors (Lipinski definition) is 4. The third kappa shape index (κ3) is 2.73. The monoisotopic (exact) mass is 317 g/mol. The minimum Gasteiger partial charge on any atom is -0.347 e. The van der Waals surface area contributed by atoms with Gasteiger partial charge in [-0.05, 0) is 47.1 Å². The highest BCUT2D eigenvalue weighted by Crippen LogP contribution is 2.12. The number of halogens is 1. The number of anilines is 1. The van der Waals surface area contributed by atoms with E-state index in [1.54, 1.807) is 4.52 Å². The van der Waals surface area contributed by atoms with Crippen LogP contribution in [0.2, 0.25) is 0 Å². The smallest absolute Gasteiger partial charge is 0.243 e. The molecule has 0 aliphatic rings. The van der Waals surface area contributed by atoms with E-state index >= 15 is 0 Å². The molecule has 0 aliphatic carbocycles. The number of aromatic nitrogens is 4. The van der Waals surface area contributed by atoms with Crippen LogP contribution < -0.4 is 5.32 Å². The first-order valence-corrected chi connectivity index (χ1v) is 6.68. The number of fused-ring (bicyclic) bond motifs is 1. The van der Waals surface area contributed by atoms with Crippen molar-refractivity contribution < 1.29 is 0 Å². The van der Waals surface area contributed by atoms with Crippen molar-refractivity contribution in [2.75, 3.05) is 5.32 Å². The van der Waals surface area contributed by atoms with Crippen molar-refractivity contribution in [2.45, 2.75) is 13.5 Å². The van der Waals surface area contributed by atoms with Gasteiger partial charge in [-0.2, -0.15) is 4.98 Å². The lowest BCUT2D eigenvalue weighted by atomic mass is 10.3. The molecule has 96 valence electrons. The topological polar surface area (TPSA) is 55.1 Å². The lowest BCUT2D eigenvalue weighted by Gasteiger charge is -2.01. The highest BCUT2D eigenvalue weighted by Gasteiger charge is 2.03. The van der Waals surface area contributed by atoms with Crippen LogP contribution in [0.15, 0.2) is 41.0 Å². The minimum atomic E-state index is 0.599. The molecule has 6 heteroatoms.